The summed E-state index contributed by atoms with van der Waals surface area (Å²) in [5, 5.41) is 29.5. The maximum absolute atomic E-state index is 12.0. The van der Waals surface area contributed by atoms with Crippen molar-refractivity contribution in [3.63, 3.8) is 0 Å². The summed E-state index contributed by atoms with van der Waals surface area (Å²) < 4.78 is 5.90. The molecule has 0 saturated carbocycles. The number of rotatable bonds is 4. The number of benzene rings is 1. The van der Waals surface area contributed by atoms with Crippen LogP contribution in [0, 0.1) is 25.0 Å². The second kappa shape index (κ2) is 6.77. The number of nitro groups is 1. The minimum Gasteiger partial charge on any atom is -0.478 e. The largest absolute Gasteiger partial charge is 0.478 e. The van der Waals surface area contributed by atoms with E-state index in [4.69, 9.17) is 11.0 Å². The van der Waals surface area contributed by atoms with Crippen LogP contribution in [0.1, 0.15) is 26.4 Å². The molecule has 2 rings (SSSR count). The van der Waals surface area contributed by atoms with E-state index in [0.29, 0.717) is 0 Å². The highest BCUT2D eigenvalue weighted by molar-refractivity contribution is 14.1. The summed E-state index contributed by atoms with van der Waals surface area (Å²) in [5.74, 6) is -2.33. The first-order valence-electron chi connectivity index (χ1n) is 6.43. The Balaban J connectivity index is 2.92. The maximum atomic E-state index is 12.0. The van der Waals surface area contributed by atoms with E-state index < -0.39 is 28.1 Å². The molecule has 0 radical (unpaired) electrons. The number of carbonyl (C=O) groups excluding carboxylic acids is 1. The van der Waals surface area contributed by atoms with Crippen molar-refractivity contribution in [3.05, 3.63) is 48.8 Å². The molecule has 11 heteroatoms. The first-order valence-corrected chi connectivity index (χ1v) is 7.51. The molecule has 0 aliphatic carbocycles. The number of methoxy groups -OCH3 is 1. The van der Waals surface area contributed by atoms with Gasteiger partial charge >= 0.3 is 11.9 Å². The zero-order chi connectivity index (χ0) is 18.9. The highest BCUT2D eigenvalue weighted by Crippen LogP contribution is 2.32. The zero-order valence-corrected chi connectivity index (χ0v) is 14.7. The number of non-ortho nitro benzene ring substituents is 1. The molecule has 0 aliphatic heterocycles. The van der Waals surface area contributed by atoms with Gasteiger partial charge in [-0.3, -0.25) is 10.1 Å². The smallest absolute Gasteiger partial charge is 0.357 e. The third-order valence-corrected chi connectivity index (χ3v) is 4.10. The van der Waals surface area contributed by atoms with Gasteiger partial charge in [0.05, 0.1) is 34.5 Å². The van der Waals surface area contributed by atoms with Crippen LogP contribution >= 0.6 is 22.6 Å². The zero-order valence-electron chi connectivity index (χ0n) is 12.5. The van der Waals surface area contributed by atoms with Crippen LogP contribution in [-0.4, -0.2) is 33.6 Å². The van der Waals surface area contributed by atoms with Crippen molar-refractivity contribution in [2.45, 2.75) is 0 Å². The van der Waals surface area contributed by atoms with Crippen molar-refractivity contribution >= 4 is 45.9 Å². The summed E-state index contributed by atoms with van der Waals surface area (Å²) in [4.78, 5) is 33.9. The predicted molar refractivity (Wildman–Crippen MR) is 92.6 cm³/mol. The van der Waals surface area contributed by atoms with Gasteiger partial charge in [0.25, 0.3) is 5.69 Å². The summed E-state index contributed by atoms with van der Waals surface area (Å²) in [6.45, 7) is 0. The number of aromatic nitrogens is 1. The number of nitro benzene ring substituents is 1. The molecule has 25 heavy (non-hydrogen) atoms. The van der Waals surface area contributed by atoms with Gasteiger partial charge in [-0.25, -0.2) is 9.59 Å². The lowest BCUT2D eigenvalue weighted by Gasteiger charge is -2.13. The van der Waals surface area contributed by atoms with E-state index in [9.17, 15) is 24.8 Å². The van der Waals surface area contributed by atoms with Gasteiger partial charge in [-0.2, -0.15) is 5.26 Å². The normalized spacial score (nSPS) is 10.1. The number of anilines is 1. The molecule has 0 fully saturated rings. The molecule has 10 nitrogen and oxygen atoms in total. The van der Waals surface area contributed by atoms with Gasteiger partial charge in [-0.1, -0.05) is 0 Å². The quantitative estimate of drug-likeness (QED) is 0.305. The second-order valence-corrected chi connectivity index (χ2v) is 5.83. The monoisotopic (exact) mass is 456 g/mol. The van der Waals surface area contributed by atoms with Gasteiger partial charge in [0.2, 0.25) is 0 Å². The molecule has 0 bridgehead atoms. The van der Waals surface area contributed by atoms with E-state index in [1.54, 1.807) is 28.7 Å². The number of esters is 1. The molecule has 2 aromatic rings. The lowest BCUT2D eigenvalue weighted by molar-refractivity contribution is -0.385. The Labute approximate surface area is 153 Å². The van der Waals surface area contributed by atoms with Crippen LogP contribution in [0.15, 0.2) is 18.3 Å². The van der Waals surface area contributed by atoms with Crippen molar-refractivity contribution in [2.24, 2.45) is 0 Å². The second-order valence-electron chi connectivity index (χ2n) is 4.66. The van der Waals surface area contributed by atoms with E-state index in [1.807, 2.05) is 0 Å². The summed E-state index contributed by atoms with van der Waals surface area (Å²) in [6, 6.07) is 3.80. The van der Waals surface area contributed by atoms with Crippen molar-refractivity contribution in [3.8, 4) is 11.8 Å². The standard InChI is InChI=1S/C14H9IN4O6/c1-25-14(22)12-10(17)6(4-16)5-18(12)11-8(13(20)21)2-7(19(23)24)3-9(11)15/h2-3,5H,17H2,1H3,(H,20,21). The van der Waals surface area contributed by atoms with Crippen LogP contribution < -0.4 is 5.73 Å². The SMILES string of the molecule is COC(=O)c1c(N)c(C#N)cn1-c1c(I)cc([N+](=O)[O-])cc1C(=O)O. The van der Waals surface area contributed by atoms with Gasteiger partial charge < -0.3 is 20.1 Å². The number of hydrogen-bond donors (Lipinski definition) is 2. The average Bonchev–Trinajstić information content (AvgIpc) is 2.89. The number of carboxylic acids is 1. The maximum Gasteiger partial charge on any atom is 0.357 e. The average molecular weight is 456 g/mol. The number of halogens is 1. The van der Waals surface area contributed by atoms with Crippen LogP contribution in [0.4, 0.5) is 11.4 Å². The molecule has 0 saturated heterocycles. The lowest BCUT2D eigenvalue weighted by atomic mass is 10.1. The number of ether oxygens (including phenoxy) is 1. The number of hydrogen-bond acceptors (Lipinski definition) is 7. The van der Waals surface area contributed by atoms with Gasteiger partial charge in [0, 0.05) is 21.9 Å². The number of nitrogen functional groups attached to an aromatic ring is 1. The Morgan fingerprint density at radius 2 is 2.12 bits per heavy atom. The first kappa shape index (κ1) is 18.2. The fraction of sp³-hybridized carbons (Fsp3) is 0.0714. The Hall–Kier alpha value is -3.14. The third kappa shape index (κ3) is 3.11. The Morgan fingerprint density at radius 3 is 2.60 bits per heavy atom. The molecule has 0 unspecified atom stereocenters. The molecule has 128 valence electrons. The number of nitrogens with two attached hydrogens (primary N) is 1. The van der Waals surface area contributed by atoms with E-state index >= 15 is 0 Å². The van der Waals surface area contributed by atoms with Crippen LogP contribution in [0.3, 0.4) is 0 Å². The van der Waals surface area contributed by atoms with Crippen LogP contribution in [0.2, 0.25) is 0 Å². The minimum atomic E-state index is -1.45. The molecular formula is C14H9IN4O6. The number of nitrogens with zero attached hydrogens (tertiary/aromatic N) is 3. The Bertz CT molecular complexity index is 959. The van der Waals surface area contributed by atoms with Crippen molar-refractivity contribution < 1.29 is 24.4 Å². The van der Waals surface area contributed by atoms with E-state index in [0.717, 1.165) is 23.8 Å². The topological polar surface area (TPSA) is 161 Å². The van der Waals surface area contributed by atoms with Crippen molar-refractivity contribution in [1.82, 2.24) is 4.57 Å². The van der Waals surface area contributed by atoms with E-state index in [2.05, 4.69) is 4.74 Å². The molecule has 3 N–H and O–H groups in total. The molecule has 0 aliphatic rings. The molecule has 0 atom stereocenters. The van der Waals surface area contributed by atoms with E-state index in [-0.39, 0.29) is 26.2 Å². The predicted octanol–water partition coefficient (Wildman–Crippen LogP) is 1.93. The Morgan fingerprint density at radius 1 is 1.48 bits per heavy atom. The fourth-order valence-corrected chi connectivity index (χ4v) is 3.06. The number of carbonyl (C=O) groups is 2. The van der Waals surface area contributed by atoms with Crippen LogP contribution in [-0.2, 0) is 4.74 Å². The summed E-state index contributed by atoms with van der Waals surface area (Å²) in [5.41, 5.74) is 4.41. The fourth-order valence-electron chi connectivity index (χ4n) is 2.19. The molecular weight excluding hydrogens is 447 g/mol. The van der Waals surface area contributed by atoms with Gasteiger partial charge in [-0.05, 0) is 22.6 Å². The minimum absolute atomic E-state index is 0.0349. The van der Waals surface area contributed by atoms with Gasteiger partial charge in [-0.15, -0.1) is 0 Å². The van der Waals surface area contributed by atoms with Crippen LogP contribution in [0.25, 0.3) is 5.69 Å². The van der Waals surface area contributed by atoms with Gasteiger partial charge in [0.15, 0.2) is 5.69 Å². The highest BCUT2D eigenvalue weighted by Gasteiger charge is 2.27. The summed E-state index contributed by atoms with van der Waals surface area (Å²) in [6.07, 6.45) is 1.18. The van der Waals surface area contributed by atoms with E-state index in [1.165, 1.54) is 6.20 Å². The lowest BCUT2D eigenvalue weighted by Crippen LogP contribution is -2.15. The number of aromatic carboxylic acids is 1. The molecule has 0 spiro atoms. The molecule has 0 amide bonds. The Kier molecular flexibility index (Phi) is 4.93. The summed E-state index contributed by atoms with van der Waals surface area (Å²) >= 11 is 1.70. The van der Waals surface area contributed by atoms with Crippen molar-refractivity contribution in [1.29, 1.82) is 5.26 Å². The van der Waals surface area contributed by atoms with Crippen molar-refractivity contribution in [2.75, 3.05) is 12.8 Å². The molecule has 1 aromatic carbocycles. The summed E-state index contributed by atoms with van der Waals surface area (Å²) in [7, 11) is 1.10. The van der Waals surface area contributed by atoms with Gasteiger partial charge in [0.1, 0.15) is 6.07 Å². The highest BCUT2D eigenvalue weighted by atomic mass is 127. The number of carboxylic acid groups (broad SMARTS) is 1. The van der Waals surface area contributed by atoms with Crippen LogP contribution in [0.5, 0.6) is 0 Å². The molecule has 1 heterocycles. The first-order chi connectivity index (χ1) is 11.7. The number of nitriles is 1. The molecule has 1 aromatic heterocycles. The third-order valence-electron chi connectivity index (χ3n) is 3.27.